The highest BCUT2D eigenvalue weighted by molar-refractivity contribution is 5.99. The Morgan fingerprint density at radius 3 is 2.68 bits per heavy atom. The van der Waals surface area contributed by atoms with Gasteiger partial charge in [0.05, 0.1) is 12.6 Å². The predicted octanol–water partition coefficient (Wildman–Crippen LogP) is 4.35. The number of nitrogens with one attached hydrogen (secondary N) is 1. The molecule has 25 heavy (non-hydrogen) atoms. The van der Waals surface area contributed by atoms with Crippen LogP contribution in [0.2, 0.25) is 0 Å². The van der Waals surface area contributed by atoms with Crippen molar-refractivity contribution in [2.45, 2.75) is 19.6 Å². The molecule has 3 aromatic rings. The summed E-state index contributed by atoms with van der Waals surface area (Å²) in [7, 11) is 1.54. The molecule has 2 aromatic carbocycles. The fourth-order valence-electron chi connectivity index (χ4n) is 2.70. The second kappa shape index (κ2) is 7.03. The van der Waals surface area contributed by atoms with E-state index in [0.29, 0.717) is 16.7 Å². The van der Waals surface area contributed by atoms with Crippen LogP contribution in [-0.4, -0.2) is 13.0 Å². The van der Waals surface area contributed by atoms with E-state index in [-0.39, 0.29) is 12.4 Å². The Morgan fingerprint density at radius 1 is 1.20 bits per heavy atom. The van der Waals surface area contributed by atoms with Crippen LogP contribution < -0.4 is 5.32 Å². The number of hydrogen-bond donors (Lipinski definition) is 1. The van der Waals surface area contributed by atoms with Crippen LogP contribution in [0.1, 0.15) is 34.6 Å². The summed E-state index contributed by atoms with van der Waals surface area (Å²) in [5.41, 5.74) is 1.69. The van der Waals surface area contributed by atoms with Crippen molar-refractivity contribution in [3.05, 3.63) is 71.0 Å². The first-order valence-electron chi connectivity index (χ1n) is 7.76. The van der Waals surface area contributed by atoms with Gasteiger partial charge < -0.3 is 14.5 Å². The highest BCUT2D eigenvalue weighted by Crippen LogP contribution is 2.27. The summed E-state index contributed by atoms with van der Waals surface area (Å²) in [5.74, 6) is -2.18. The van der Waals surface area contributed by atoms with Crippen LogP contribution in [0, 0.1) is 11.6 Å². The van der Waals surface area contributed by atoms with Gasteiger partial charge in [-0.3, -0.25) is 4.79 Å². The van der Waals surface area contributed by atoms with Crippen LogP contribution in [0.4, 0.5) is 8.78 Å². The minimum absolute atomic E-state index is 0.150. The monoisotopic (exact) mass is 345 g/mol. The Morgan fingerprint density at radius 2 is 1.96 bits per heavy atom. The summed E-state index contributed by atoms with van der Waals surface area (Å²) < 4.78 is 37.3. The molecule has 1 amide bonds. The Kier molecular flexibility index (Phi) is 4.81. The van der Waals surface area contributed by atoms with E-state index >= 15 is 0 Å². The molecule has 1 aromatic heterocycles. The molecule has 1 atom stereocenters. The van der Waals surface area contributed by atoms with Gasteiger partial charge in [-0.2, -0.15) is 0 Å². The highest BCUT2D eigenvalue weighted by Gasteiger charge is 2.22. The summed E-state index contributed by atoms with van der Waals surface area (Å²) in [4.78, 5) is 12.6. The topological polar surface area (TPSA) is 51.5 Å². The number of amides is 1. The number of halogens is 2. The van der Waals surface area contributed by atoms with Crippen molar-refractivity contribution in [1.29, 1.82) is 0 Å². The van der Waals surface area contributed by atoms with E-state index in [4.69, 9.17) is 9.15 Å². The summed E-state index contributed by atoms with van der Waals surface area (Å²) in [6.45, 7) is 1.91. The fraction of sp³-hybridized carbons (Fsp3) is 0.211. The normalized spacial score (nSPS) is 12.3. The quantitative estimate of drug-likeness (QED) is 0.748. The highest BCUT2D eigenvalue weighted by atomic mass is 19.2. The molecule has 1 heterocycles. The first-order valence-corrected chi connectivity index (χ1v) is 7.76. The SMILES string of the molecule is COCc1c(C(=O)N[C@@H](C)c2ccc(F)c(F)c2)oc2ccccc12. The van der Waals surface area contributed by atoms with Crippen LogP contribution in [0.25, 0.3) is 11.0 Å². The minimum Gasteiger partial charge on any atom is -0.451 e. The van der Waals surface area contributed by atoms with Crippen molar-refractivity contribution >= 4 is 16.9 Å². The van der Waals surface area contributed by atoms with Gasteiger partial charge in [-0.15, -0.1) is 0 Å². The summed E-state index contributed by atoms with van der Waals surface area (Å²) in [6, 6.07) is 10.3. The molecule has 0 spiro atoms. The van der Waals surface area contributed by atoms with Gasteiger partial charge in [-0.05, 0) is 30.7 Å². The molecule has 0 saturated heterocycles. The molecule has 3 rings (SSSR count). The zero-order valence-electron chi connectivity index (χ0n) is 13.8. The molecular formula is C19H17F2NO3. The van der Waals surface area contributed by atoms with Crippen molar-refractivity contribution in [3.63, 3.8) is 0 Å². The van der Waals surface area contributed by atoms with E-state index in [1.54, 1.807) is 13.0 Å². The molecule has 0 radical (unpaired) electrons. The lowest BCUT2D eigenvalue weighted by Gasteiger charge is -2.14. The molecule has 0 aliphatic rings. The van der Waals surface area contributed by atoms with Crippen LogP contribution in [-0.2, 0) is 11.3 Å². The number of hydrogen-bond acceptors (Lipinski definition) is 3. The molecule has 6 heteroatoms. The molecule has 0 saturated carbocycles. The lowest BCUT2D eigenvalue weighted by Crippen LogP contribution is -2.27. The number of furan rings is 1. The van der Waals surface area contributed by atoms with Crippen LogP contribution >= 0.6 is 0 Å². The van der Waals surface area contributed by atoms with E-state index in [0.717, 1.165) is 17.5 Å². The van der Waals surface area contributed by atoms with E-state index in [1.165, 1.54) is 13.2 Å². The zero-order chi connectivity index (χ0) is 18.0. The van der Waals surface area contributed by atoms with Crippen molar-refractivity contribution in [3.8, 4) is 0 Å². The third-order valence-electron chi connectivity index (χ3n) is 3.98. The van der Waals surface area contributed by atoms with Gasteiger partial charge in [0.2, 0.25) is 0 Å². The number of carbonyl (C=O) groups excluding carboxylic acids is 1. The molecule has 0 aliphatic carbocycles. The van der Waals surface area contributed by atoms with Crippen molar-refractivity contribution in [2.24, 2.45) is 0 Å². The Hall–Kier alpha value is -2.73. The molecule has 1 N–H and O–H groups in total. The number of rotatable bonds is 5. The first-order chi connectivity index (χ1) is 12.0. The van der Waals surface area contributed by atoms with Gasteiger partial charge in [0.25, 0.3) is 5.91 Å². The third kappa shape index (κ3) is 3.39. The first kappa shape index (κ1) is 17.1. The van der Waals surface area contributed by atoms with Crippen LogP contribution in [0.3, 0.4) is 0 Å². The Balaban J connectivity index is 1.88. The molecule has 0 aliphatic heterocycles. The van der Waals surface area contributed by atoms with Gasteiger partial charge >= 0.3 is 0 Å². The number of benzene rings is 2. The van der Waals surface area contributed by atoms with Gasteiger partial charge in [-0.1, -0.05) is 24.3 Å². The second-order valence-electron chi connectivity index (χ2n) is 5.71. The average molecular weight is 345 g/mol. The lowest BCUT2D eigenvalue weighted by atomic mass is 10.1. The van der Waals surface area contributed by atoms with Crippen LogP contribution in [0.5, 0.6) is 0 Å². The number of para-hydroxylation sites is 1. The Labute approximate surface area is 143 Å². The summed E-state index contributed by atoms with van der Waals surface area (Å²) in [5, 5.41) is 3.54. The maximum absolute atomic E-state index is 13.4. The Bertz CT molecular complexity index is 920. The lowest BCUT2D eigenvalue weighted by molar-refractivity contribution is 0.0907. The maximum Gasteiger partial charge on any atom is 0.287 e. The summed E-state index contributed by atoms with van der Waals surface area (Å²) in [6.07, 6.45) is 0. The zero-order valence-corrected chi connectivity index (χ0v) is 13.8. The molecule has 130 valence electrons. The van der Waals surface area contributed by atoms with Crippen molar-refractivity contribution in [2.75, 3.05) is 7.11 Å². The van der Waals surface area contributed by atoms with Gasteiger partial charge in [0, 0.05) is 18.1 Å². The number of methoxy groups -OCH3 is 1. The molecule has 0 fully saturated rings. The largest absolute Gasteiger partial charge is 0.451 e. The van der Waals surface area contributed by atoms with E-state index in [2.05, 4.69) is 5.32 Å². The number of fused-ring (bicyclic) bond motifs is 1. The molecule has 4 nitrogen and oxygen atoms in total. The molecule has 0 bridgehead atoms. The molecule has 0 unspecified atom stereocenters. The fourth-order valence-corrected chi connectivity index (χ4v) is 2.70. The average Bonchev–Trinajstić information content (AvgIpc) is 2.96. The number of ether oxygens (including phenoxy) is 1. The standard InChI is InChI=1S/C19H17F2NO3/c1-11(12-7-8-15(20)16(21)9-12)22-19(23)18-14(10-24-2)13-5-3-4-6-17(13)25-18/h3-9,11H,10H2,1-2H3,(H,22,23)/t11-/m0/s1. The van der Waals surface area contributed by atoms with Crippen molar-refractivity contribution < 1.29 is 22.7 Å². The minimum atomic E-state index is -0.956. The van der Waals surface area contributed by atoms with Crippen LogP contribution in [0.15, 0.2) is 46.9 Å². The van der Waals surface area contributed by atoms with Gasteiger partial charge in [-0.25, -0.2) is 8.78 Å². The van der Waals surface area contributed by atoms with Gasteiger partial charge in [0.15, 0.2) is 17.4 Å². The van der Waals surface area contributed by atoms with E-state index in [1.807, 2.05) is 18.2 Å². The van der Waals surface area contributed by atoms with E-state index in [9.17, 15) is 13.6 Å². The van der Waals surface area contributed by atoms with E-state index < -0.39 is 23.6 Å². The third-order valence-corrected chi connectivity index (χ3v) is 3.98. The van der Waals surface area contributed by atoms with Crippen molar-refractivity contribution in [1.82, 2.24) is 5.32 Å². The van der Waals surface area contributed by atoms with Gasteiger partial charge in [0.1, 0.15) is 5.58 Å². The maximum atomic E-state index is 13.4. The molecular weight excluding hydrogens is 328 g/mol. The smallest absolute Gasteiger partial charge is 0.287 e. The second-order valence-corrected chi connectivity index (χ2v) is 5.71. The predicted molar refractivity (Wildman–Crippen MR) is 89.2 cm³/mol. The number of carbonyl (C=O) groups is 1. The summed E-state index contributed by atoms with van der Waals surface area (Å²) >= 11 is 0.